The van der Waals surface area contributed by atoms with Crippen LogP contribution in [0.3, 0.4) is 0 Å². The van der Waals surface area contributed by atoms with Crippen molar-refractivity contribution >= 4 is 26.0 Å². The first-order valence-corrected chi connectivity index (χ1v) is 5.38. The molecule has 0 heterocycles. The Labute approximate surface area is 79.3 Å². The predicted molar refractivity (Wildman–Crippen MR) is 48.7 cm³/mol. The molecule has 0 saturated carbocycles. The average molecular weight is 251 g/mol. The molecule has 0 radical (unpaired) electrons. The Kier molecular flexibility index (Phi) is 2.55. The van der Waals surface area contributed by atoms with E-state index in [1.165, 1.54) is 6.07 Å². The second kappa shape index (κ2) is 3.16. The highest BCUT2D eigenvalue weighted by molar-refractivity contribution is 9.10. The molecule has 1 aromatic carbocycles. The summed E-state index contributed by atoms with van der Waals surface area (Å²) in [5.41, 5.74) is 0.528. The topological polar surface area (TPSA) is 54.4 Å². The summed E-state index contributed by atoms with van der Waals surface area (Å²) in [6.45, 7) is 1.62. The van der Waals surface area contributed by atoms with Crippen LogP contribution in [0.15, 0.2) is 27.6 Å². The van der Waals surface area contributed by atoms with E-state index in [9.17, 15) is 8.42 Å². The van der Waals surface area contributed by atoms with E-state index in [4.69, 9.17) is 4.55 Å². The third-order valence-electron chi connectivity index (χ3n) is 1.43. The summed E-state index contributed by atoms with van der Waals surface area (Å²) in [6, 6.07) is 4.70. The summed E-state index contributed by atoms with van der Waals surface area (Å²) in [7, 11) is -4.09. The fraction of sp³-hybridized carbons (Fsp3) is 0.143. The second-order valence-corrected chi connectivity index (χ2v) is 4.69. The van der Waals surface area contributed by atoms with E-state index in [2.05, 4.69) is 15.9 Å². The van der Waals surface area contributed by atoms with Crippen LogP contribution in [-0.4, -0.2) is 13.0 Å². The molecule has 3 nitrogen and oxygen atoms in total. The molecule has 5 heteroatoms. The molecule has 0 unspecified atom stereocenters. The molecule has 1 aromatic rings. The molecule has 1 rings (SSSR count). The second-order valence-electron chi connectivity index (χ2n) is 2.38. The number of hydrogen-bond donors (Lipinski definition) is 1. The van der Waals surface area contributed by atoms with Gasteiger partial charge in [0.25, 0.3) is 10.1 Å². The highest BCUT2D eigenvalue weighted by Gasteiger charge is 2.12. The molecule has 0 saturated heterocycles. The van der Waals surface area contributed by atoms with Crippen molar-refractivity contribution in [3.8, 4) is 0 Å². The van der Waals surface area contributed by atoms with Gasteiger partial charge in [-0.15, -0.1) is 0 Å². The first-order chi connectivity index (χ1) is 5.41. The van der Waals surface area contributed by atoms with Crippen molar-refractivity contribution < 1.29 is 13.0 Å². The minimum Gasteiger partial charge on any atom is -0.282 e. The molecule has 0 fully saturated rings. The van der Waals surface area contributed by atoms with Gasteiger partial charge in [0, 0.05) is 4.47 Å². The van der Waals surface area contributed by atoms with Crippen LogP contribution in [0.5, 0.6) is 0 Å². The van der Waals surface area contributed by atoms with Gasteiger partial charge in [-0.05, 0) is 24.6 Å². The minimum atomic E-state index is -4.09. The van der Waals surface area contributed by atoms with Gasteiger partial charge >= 0.3 is 0 Å². The lowest BCUT2D eigenvalue weighted by molar-refractivity contribution is 0.482. The minimum absolute atomic E-state index is 0.0584. The van der Waals surface area contributed by atoms with Crippen molar-refractivity contribution in [2.75, 3.05) is 0 Å². The normalized spacial score (nSPS) is 11.6. The Balaban J connectivity index is 3.43. The van der Waals surface area contributed by atoms with E-state index in [0.717, 1.165) is 0 Å². The summed E-state index contributed by atoms with van der Waals surface area (Å²) in [4.78, 5) is -0.0584. The quantitative estimate of drug-likeness (QED) is 0.776. The Bertz CT molecular complexity index is 397. The van der Waals surface area contributed by atoms with Gasteiger partial charge in [-0.2, -0.15) is 8.42 Å². The summed E-state index contributed by atoms with van der Waals surface area (Å²) >= 11 is 3.11. The van der Waals surface area contributed by atoms with Crippen LogP contribution >= 0.6 is 15.9 Å². The Hall–Kier alpha value is -0.390. The molecule has 12 heavy (non-hydrogen) atoms. The van der Waals surface area contributed by atoms with Gasteiger partial charge in [0.15, 0.2) is 0 Å². The van der Waals surface area contributed by atoms with E-state index in [1.54, 1.807) is 19.1 Å². The van der Waals surface area contributed by atoms with Crippen LogP contribution in [0, 0.1) is 6.92 Å². The molecule has 0 aliphatic rings. The fourth-order valence-electron chi connectivity index (χ4n) is 0.852. The molecule has 0 spiro atoms. The van der Waals surface area contributed by atoms with Crippen LogP contribution < -0.4 is 0 Å². The molecule has 0 atom stereocenters. The first-order valence-electron chi connectivity index (χ1n) is 3.15. The number of aryl methyl sites for hydroxylation is 1. The van der Waals surface area contributed by atoms with Crippen LogP contribution in [-0.2, 0) is 10.1 Å². The van der Waals surface area contributed by atoms with Gasteiger partial charge in [0.2, 0.25) is 0 Å². The molecule has 0 bridgehead atoms. The van der Waals surface area contributed by atoms with Crippen LogP contribution in [0.2, 0.25) is 0 Å². The summed E-state index contributed by atoms with van der Waals surface area (Å²) < 4.78 is 30.9. The van der Waals surface area contributed by atoms with Crippen molar-refractivity contribution in [3.63, 3.8) is 0 Å². The van der Waals surface area contributed by atoms with Gasteiger partial charge in [-0.3, -0.25) is 4.55 Å². The zero-order valence-electron chi connectivity index (χ0n) is 6.28. The SMILES string of the molecule is Cc1ccc(Br)cc1S(=O)(=O)O. The van der Waals surface area contributed by atoms with Gasteiger partial charge in [0.1, 0.15) is 0 Å². The summed E-state index contributed by atoms with van der Waals surface area (Å²) in [5.74, 6) is 0. The van der Waals surface area contributed by atoms with E-state index in [-0.39, 0.29) is 4.90 Å². The van der Waals surface area contributed by atoms with Crippen LogP contribution in [0.4, 0.5) is 0 Å². The standard InChI is InChI=1S/C7H7BrO3S/c1-5-2-3-6(8)4-7(5)12(9,10)11/h2-4H,1H3,(H,9,10,11). The van der Waals surface area contributed by atoms with Crippen molar-refractivity contribution in [1.29, 1.82) is 0 Å². The number of hydrogen-bond acceptors (Lipinski definition) is 2. The maximum atomic E-state index is 10.7. The Morgan fingerprint density at radius 2 is 2.00 bits per heavy atom. The molecular weight excluding hydrogens is 244 g/mol. The molecule has 1 N–H and O–H groups in total. The molecule has 0 aliphatic carbocycles. The summed E-state index contributed by atoms with van der Waals surface area (Å²) in [5, 5.41) is 0. The highest BCUT2D eigenvalue weighted by atomic mass is 79.9. The van der Waals surface area contributed by atoms with Crippen molar-refractivity contribution in [1.82, 2.24) is 0 Å². The van der Waals surface area contributed by atoms with E-state index < -0.39 is 10.1 Å². The fourth-order valence-corrected chi connectivity index (χ4v) is 2.12. The monoisotopic (exact) mass is 250 g/mol. The van der Waals surface area contributed by atoms with Crippen LogP contribution in [0.25, 0.3) is 0 Å². The van der Waals surface area contributed by atoms with E-state index in [0.29, 0.717) is 10.0 Å². The van der Waals surface area contributed by atoms with Gasteiger partial charge in [-0.25, -0.2) is 0 Å². The smallest absolute Gasteiger partial charge is 0.282 e. The largest absolute Gasteiger partial charge is 0.294 e. The lowest BCUT2D eigenvalue weighted by Gasteiger charge is -2.01. The van der Waals surface area contributed by atoms with Gasteiger partial charge < -0.3 is 0 Å². The number of benzene rings is 1. The summed E-state index contributed by atoms with van der Waals surface area (Å²) in [6.07, 6.45) is 0. The lowest BCUT2D eigenvalue weighted by Crippen LogP contribution is -2.00. The highest BCUT2D eigenvalue weighted by Crippen LogP contribution is 2.19. The van der Waals surface area contributed by atoms with Crippen molar-refractivity contribution in [2.24, 2.45) is 0 Å². The third kappa shape index (κ3) is 2.06. The zero-order valence-corrected chi connectivity index (χ0v) is 8.68. The maximum Gasteiger partial charge on any atom is 0.294 e. The van der Waals surface area contributed by atoms with E-state index >= 15 is 0 Å². The molecule has 0 amide bonds. The van der Waals surface area contributed by atoms with Crippen molar-refractivity contribution in [2.45, 2.75) is 11.8 Å². The zero-order chi connectivity index (χ0) is 9.35. The van der Waals surface area contributed by atoms with Gasteiger partial charge in [-0.1, -0.05) is 22.0 Å². The first kappa shape index (κ1) is 9.70. The number of rotatable bonds is 1. The maximum absolute atomic E-state index is 10.7. The molecular formula is C7H7BrO3S. The van der Waals surface area contributed by atoms with E-state index in [1.807, 2.05) is 0 Å². The third-order valence-corrected chi connectivity index (χ3v) is 2.92. The molecule has 66 valence electrons. The average Bonchev–Trinajstić information content (AvgIpc) is 1.92. The van der Waals surface area contributed by atoms with Gasteiger partial charge in [0.05, 0.1) is 4.90 Å². The molecule has 0 aliphatic heterocycles. The predicted octanol–water partition coefficient (Wildman–Crippen LogP) is 2.00. The van der Waals surface area contributed by atoms with Crippen LogP contribution in [0.1, 0.15) is 5.56 Å². The Morgan fingerprint density at radius 1 is 1.42 bits per heavy atom. The lowest BCUT2D eigenvalue weighted by atomic mass is 10.2. The number of halogens is 1. The molecule has 0 aromatic heterocycles. The Morgan fingerprint density at radius 3 is 2.42 bits per heavy atom. The van der Waals surface area contributed by atoms with Crippen molar-refractivity contribution in [3.05, 3.63) is 28.2 Å².